The fourth-order valence-electron chi connectivity index (χ4n) is 3.46. The van der Waals surface area contributed by atoms with E-state index < -0.39 is 0 Å². The summed E-state index contributed by atoms with van der Waals surface area (Å²) in [5.41, 5.74) is 0.127. The van der Waals surface area contributed by atoms with E-state index in [1.54, 1.807) is 6.26 Å². The van der Waals surface area contributed by atoms with Gasteiger partial charge in [-0.1, -0.05) is 20.8 Å². The number of rotatable bonds is 4. The van der Waals surface area contributed by atoms with Crippen LogP contribution in [0.4, 0.5) is 0 Å². The molecule has 1 saturated heterocycles. The maximum atomic E-state index is 12.2. The Labute approximate surface area is 126 Å². The van der Waals surface area contributed by atoms with E-state index in [2.05, 4.69) is 26.1 Å². The van der Waals surface area contributed by atoms with Crippen molar-refractivity contribution in [2.24, 2.45) is 17.3 Å². The van der Waals surface area contributed by atoms with Crippen LogP contribution in [-0.4, -0.2) is 25.2 Å². The quantitative estimate of drug-likeness (QED) is 0.928. The predicted molar refractivity (Wildman–Crippen MR) is 79.9 cm³/mol. The monoisotopic (exact) mass is 291 g/mol. The molecule has 1 amide bonds. The first-order chi connectivity index (χ1) is 9.97. The van der Waals surface area contributed by atoms with Crippen LogP contribution in [-0.2, 0) is 9.53 Å². The molecule has 2 fully saturated rings. The van der Waals surface area contributed by atoms with E-state index in [1.165, 1.54) is 0 Å². The summed E-state index contributed by atoms with van der Waals surface area (Å²) in [4.78, 5) is 12.2. The first kappa shape index (κ1) is 14.6. The topological polar surface area (TPSA) is 51.5 Å². The van der Waals surface area contributed by atoms with Gasteiger partial charge in [0.1, 0.15) is 5.76 Å². The Balaban J connectivity index is 1.49. The third-order valence-corrected chi connectivity index (χ3v) is 4.64. The third kappa shape index (κ3) is 3.15. The van der Waals surface area contributed by atoms with Gasteiger partial charge in [0.25, 0.3) is 0 Å². The highest BCUT2D eigenvalue weighted by molar-refractivity contribution is 5.82. The number of nitrogens with one attached hydrogen (secondary N) is 1. The van der Waals surface area contributed by atoms with E-state index in [0.29, 0.717) is 5.92 Å². The van der Waals surface area contributed by atoms with E-state index in [4.69, 9.17) is 9.15 Å². The summed E-state index contributed by atoms with van der Waals surface area (Å²) in [5.74, 6) is 1.89. The highest BCUT2D eigenvalue weighted by Gasteiger charge is 2.46. The summed E-state index contributed by atoms with van der Waals surface area (Å²) in [7, 11) is 0. The van der Waals surface area contributed by atoms with Crippen molar-refractivity contribution in [3.05, 3.63) is 24.2 Å². The molecular weight excluding hydrogens is 266 g/mol. The largest absolute Gasteiger partial charge is 0.469 e. The molecule has 1 aliphatic heterocycles. The van der Waals surface area contributed by atoms with Gasteiger partial charge in [-0.15, -0.1) is 0 Å². The maximum absolute atomic E-state index is 12.2. The Morgan fingerprint density at radius 3 is 2.90 bits per heavy atom. The lowest BCUT2D eigenvalue weighted by Gasteiger charge is -2.31. The summed E-state index contributed by atoms with van der Waals surface area (Å²) in [6.07, 6.45) is 3.85. The Morgan fingerprint density at radius 1 is 1.43 bits per heavy atom. The van der Waals surface area contributed by atoms with Crippen LogP contribution < -0.4 is 5.32 Å². The summed E-state index contributed by atoms with van der Waals surface area (Å²) >= 11 is 0. The highest BCUT2D eigenvalue weighted by Crippen LogP contribution is 2.47. The first-order valence-electron chi connectivity index (χ1n) is 7.89. The van der Waals surface area contributed by atoms with Crippen LogP contribution in [0.5, 0.6) is 0 Å². The zero-order valence-corrected chi connectivity index (χ0v) is 13.1. The lowest BCUT2D eigenvalue weighted by molar-refractivity contribution is -0.122. The second kappa shape index (κ2) is 5.48. The Bertz CT molecular complexity index is 489. The number of hydrogen-bond donors (Lipinski definition) is 1. The number of carbonyl (C=O) groups is 1. The Hall–Kier alpha value is -1.29. The summed E-state index contributed by atoms with van der Waals surface area (Å²) in [6.45, 7) is 8.13. The SMILES string of the molecule is CC(C)(C)[C@H]1OCC[C@@H]1CNC(=O)[C@H]1C[C@H]1c1ccco1. The van der Waals surface area contributed by atoms with Crippen molar-refractivity contribution in [2.75, 3.05) is 13.2 Å². The molecular formula is C17H25NO3. The molecule has 4 heteroatoms. The Morgan fingerprint density at radius 2 is 2.24 bits per heavy atom. The average molecular weight is 291 g/mol. The molecule has 1 aliphatic carbocycles. The van der Waals surface area contributed by atoms with Gasteiger partial charge < -0.3 is 14.5 Å². The maximum Gasteiger partial charge on any atom is 0.223 e. The molecule has 4 atom stereocenters. The minimum Gasteiger partial charge on any atom is -0.469 e. The zero-order chi connectivity index (χ0) is 15.0. The average Bonchev–Trinajstić information content (AvgIpc) is 2.88. The molecule has 0 aromatic carbocycles. The molecule has 0 bridgehead atoms. The molecule has 1 aromatic rings. The molecule has 4 nitrogen and oxygen atoms in total. The van der Waals surface area contributed by atoms with E-state index >= 15 is 0 Å². The van der Waals surface area contributed by atoms with E-state index in [1.807, 2.05) is 12.1 Å². The lowest BCUT2D eigenvalue weighted by atomic mass is 9.81. The lowest BCUT2D eigenvalue weighted by Crippen LogP contribution is -2.39. The zero-order valence-electron chi connectivity index (χ0n) is 13.1. The molecule has 1 N–H and O–H groups in total. The van der Waals surface area contributed by atoms with Gasteiger partial charge in [-0.05, 0) is 30.4 Å². The number of amides is 1. The van der Waals surface area contributed by atoms with Gasteiger partial charge >= 0.3 is 0 Å². The molecule has 0 spiro atoms. The number of furan rings is 1. The molecule has 21 heavy (non-hydrogen) atoms. The fourth-order valence-corrected chi connectivity index (χ4v) is 3.46. The molecule has 0 unspecified atom stereocenters. The van der Waals surface area contributed by atoms with Crippen LogP contribution in [0, 0.1) is 17.3 Å². The number of hydrogen-bond acceptors (Lipinski definition) is 3. The van der Waals surface area contributed by atoms with Gasteiger partial charge in [-0.25, -0.2) is 0 Å². The summed E-state index contributed by atoms with van der Waals surface area (Å²) in [6, 6.07) is 3.84. The van der Waals surface area contributed by atoms with Gasteiger partial charge in [0.2, 0.25) is 5.91 Å². The van der Waals surface area contributed by atoms with Crippen LogP contribution in [0.1, 0.15) is 45.3 Å². The van der Waals surface area contributed by atoms with Crippen LogP contribution in [0.15, 0.2) is 22.8 Å². The van der Waals surface area contributed by atoms with Crippen molar-refractivity contribution >= 4 is 5.91 Å². The van der Waals surface area contributed by atoms with Crippen molar-refractivity contribution in [3.63, 3.8) is 0 Å². The van der Waals surface area contributed by atoms with Crippen molar-refractivity contribution in [2.45, 2.75) is 45.6 Å². The standard InChI is InChI=1S/C17H25NO3/c1-17(2,3)15-11(6-8-21-15)10-18-16(19)13-9-12(13)14-5-4-7-20-14/h4-5,7,11-13,15H,6,8-10H2,1-3H3,(H,18,19)/t11-,12-,13+,15+/m1/s1. The third-order valence-electron chi connectivity index (χ3n) is 4.64. The van der Waals surface area contributed by atoms with E-state index in [0.717, 1.165) is 31.8 Å². The first-order valence-corrected chi connectivity index (χ1v) is 7.89. The molecule has 0 radical (unpaired) electrons. The van der Waals surface area contributed by atoms with Crippen molar-refractivity contribution in [3.8, 4) is 0 Å². The number of ether oxygens (including phenoxy) is 1. The van der Waals surface area contributed by atoms with Gasteiger partial charge in [0.15, 0.2) is 0 Å². The smallest absolute Gasteiger partial charge is 0.223 e. The minimum atomic E-state index is 0.0894. The van der Waals surface area contributed by atoms with Crippen LogP contribution >= 0.6 is 0 Å². The van der Waals surface area contributed by atoms with Gasteiger partial charge in [-0.3, -0.25) is 4.79 Å². The van der Waals surface area contributed by atoms with Crippen molar-refractivity contribution in [1.82, 2.24) is 5.32 Å². The molecule has 2 heterocycles. The van der Waals surface area contributed by atoms with Crippen LogP contribution in [0.2, 0.25) is 0 Å². The van der Waals surface area contributed by atoms with E-state index in [-0.39, 0.29) is 29.3 Å². The minimum absolute atomic E-state index is 0.0894. The Kier molecular flexibility index (Phi) is 3.82. The second-order valence-corrected chi connectivity index (χ2v) is 7.42. The van der Waals surface area contributed by atoms with E-state index in [9.17, 15) is 4.79 Å². The van der Waals surface area contributed by atoms with Crippen molar-refractivity contribution in [1.29, 1.82) is 0 Å². The number of carbonyl (C=O) groups excluding carboxylic acids is 1. The van der Waals surface area contributed by atoms with Gasteiger partial charge in [0, 0.05) is 30.9 Å². The van der Waals surface area contributed by atoms with Gasteiger partial charge in [-0.2, -0.15) is 0 Å². The van der Waals surface area contributed by atoms with Crippen LogP contribution in [0.3, 0.4) is 0 Å². The molecule has 116 valence electrons. The normalized spacial score (nSPS) is 32.1. The summed E-state index contributed by atoms with van der Waals surface area (Å²) in [5, 5.41) is 3.12. The molecule has 1 aromatic heterocycles. The molecule has 1 saturated carbocycles. The van der Waals surface area contributed by atoms with Gasteiger partial charge in [0.05, 0.1) is 12.4 Å². The highest BCUT2D eigenvalue weighted by atomic mass is 16.5. The fraction of sp³-hybridized carbons (Fsp3) is 0.706. The second-order valence-electron chi connectivity index (χ2n) is 7.42. The molecule has 2 aliphatic rings. The summed E-state index contributed by atoms with van der Waals surface area (Å²) < 4.78 is 11.2. The van der Waals surface area contributed by atoms with Crippen molar-refractivity contribution < 1.29 is 13.9 Å². The molecule has 3 rings (SSSR count). The van der Waals surface area contributed by atoms with Crippen LogP contribution in [0.25, 0.3) is 0 Å². The predicted octanol–water partition coefficient (Wildman–Crippen LogP) is 2.95.